The lowest BCUT2D eigenvalue weighted by Crippen LogP contribution is -2.42. The summed E-state index contributed by atoms with van der Waals surface area (Å²) < 4.78 is 5.35. The van der Waals surface area contributed by atoms with E-state index in [1.54, 1.807) is 24.3 Å². The van der Waals surface area contributed by atoms with Gasteiger partial charge in [-0.05, 0) is 17.7 Å². The van der Waals surface area contributed by atoms with Gasteiger partial charge >= 0.3 is 0 Å². The molecule has 1 aliphatic rings. The number of aliphatic hydroxyl groups is 1. The lowest BCUT2D eigenvalue weighted by Gasteiger charge is -2.30. The van der Waals surface area contributed by atoms with Gasteiger partial charge in [0, 0.05) is 45.7 Å². The van der Waals surface area contributed by atoms with Crippen molar-refractivity contribution in [2.75, 3.05) is 52.5 Å². The SMILES string of the molecule is N#CCCN(CCN1CCOCC1)CC(O)c1ccc(C#N)cc1. The van der Waals surface area contributed by atoms with E-state index in [9.17, 15) is 5.11 Å². The van der Waals surface area contributed by atoms with Crippen LogP contribution in [0.3, 0.4) is 0 Å². The molecule has 0 saturated carbocycles. The molecule has 1 aromatic carbocycles. The van der Waals surface area contributed by atoms with Gasteiger partial charge in [0.25, 0.3) is 0 Å². The monoisotopic (exact) mass is 328 g/mol. The standard InChI is InChI=1S/C18H24N4O2/c19-6-1-7-22(9-8-21-10-12-24-13-11-21)15-18(23)17-4-2-16(14-20)3-5-17/h2-5,18,23H,1,7-13,15H2. The molecule has 6 heteroatoms. The Hall–Kier alpha value is -1.96. The number of ether oxygens (including phenoxy) is 1. The number of nitriles is 2. The van der Waals surface area contributed by atoms with Crippen molar-refractivity contribution in [2.45, 2.75) is 12.5 Å². The van der Waals surface area contributed by atoms with Crippen LogP contribution in [0.2, 0.25) is 0 Å². The predicted octanol–water partition coefficient (Wildman–Crippen LogP) is 1.14. The van der Waals surface area contributed by atoms with Gasteiger partial charge in [0.2, 0.25) is 0 Å². The van der Waals surface area contributed by atoms with Crippen LogP contribution in [-0.2, 0) is 4.74 Å². The predicted molar refractivity (Wildman–Crippen MR) is 90.0 cm³/mol. The average Bonchev–Trinajstić information content (AvgIpc) is 2.64. The third-order valence-corrected chi connectivity index (χ3v) is 4.23. The molecule has 1 unspecified atom stereocenters. The molecule has 128 valence electrons. The summed E-state index contributed by atoms with van der Waals surface area (Å²) in [4.78, 5) is 4.47. The first-order chi connectivity index (χ1) is 11.7. The molecular weight excluding hydrogens is 304 g/mol. The second kappa shape index (κ2) is 10.0. The smallest absolute Gasteiger partial charge is 0.0991 e. The molecule has 0 radical (unpaired) electrons. The summed E-state index contributed by atoms with van der Waals surface area (Å²) in [5.41, 5.74) is 1.38. The molecule has 0 spiro atoms. The molecule has 1 aromatic rings. The fourth-order valence-electron chi connectivity index (χ4n) is 2.74. The normalized spacial score (nSPS) is 16.5. The number of rotatable bonds is 8. The highest BCUT2D eigenvalue weighted by Crippen LogP contribution is 2.15. The van der Waals surface area contributed by atoms with Crippen molar-refractivity contribution in [2.24, 2.45) is 0 Å². The van der Waals surface area contributed by atoms with Gasteiger partial charge in [-0.1, -0.05) is 12.1 Å². The van der Waals surface area contributed by atoms with Crippen LogP contribution in [0.1, 0.15) is 23.7 Å². The minimum absolute atomic E-state index is 0.448. The first kappa shape index (κ1) is 18.4. The van der Waals surface area contributed by atoms with Crippen molar-refractivity contribution < 1.29 is 9.84 Å². The van der Waals surface area contributed by atoms with E-state index < -0.39 is 6.10 Å². The Morgan fingerprint density at radius 1 is 1.17 bits per heavy atom. The summed E-state index contributed by atoms with van der Waals surface area (Å²) in [6, 6.07) is 11.2. The molecule has 1 fully saturated rings. The van der Waals surface area contributed by atoms with Gasteiger partial charge in [-0.2, -0.15) is 10.5 Å². The first-order valence-corrected chi connectivity index (χ1v) is 8.30. The summed E-state index contributed by atoms with van der Waals surface area (Å²) in [5.74, 6) is 0. The molecule has 0 aromatic heterocycles. The fraction of sp³-hybridized carbons (Fsp3) is 0.556. The van der Waals surface area contributed by atoms with E-state index in [0.717, 1.165) is 45.0 Å². The van der Waals surface area contributed by atoms with E-state index in [2.05, 4.69) is 21.9 Å². The van der Waals surface area contributed by atoms with Crippen LogP contribution in [0, 0.1) is 22.7 Å². The largest absolute Gasteiger partial charge is 0.387 e. The lowest BCUT2D eigenvalue weighted by atomic mass is 10.1. The average molecular weight is 328 g/mol. The zero-order valence-electron chi connectivity index (χ0n) is 13.9. The Morgan fingerprint density at radius 2 is 1.88 bits per heavy atom. The molecule has 6 nitrogen and oxygen atoms in total. The molecule has 1 heterocycles. The summed E-state index contributed by atoms with van der Waals surface area (Å²) in [5, 5.41) is 28.1. The van der Waals surface area contributed by atoms with Gasteiger partial charge in [0.15, 0.2) is 0 Å². The molecule has 1 N–H and O–H groups in total. The van der Waals surface area contributed by atoms with E-state index in [0.29, 0.717) is 25.1 Å². The molecule has 0 bridgehead atoms. The molecule has 1 atom stereocenters. The Balaban J connectivity index is 1.88. The molecule has 24 heavy (non-hydrogen) atoms. The van der Waals surface area contributed by atoms with Crippen molar-refractivity contribution >= 4 is 0 Å². The number of hydrogen-bond acceptors (Lipinski definition) is 6. The minimum Gasteiger partial charge on any atom is -0.387 e. The number of nitrogens with zero attached hydrogens (tertiary/aromatic N) is 4. The molecule has 0 amide bonds. The topological polar surface area (TPSA) is 83.5 Å². The van der Waals surface area contributed by atoms with E-state index in [4.69, 9.17) is 15.3 Å². The quantitative estimate of drug-likeness (QED) is 0.770. The maximum Gasteiger partial charge on any atom is 0.0991 e. The van der Waals surface area contributed by atoms with E-state index in [-0.39, 0.29) is 0 Å². The number of aliphatic hydroxyl groups excluding tert-OH is 1. The Kier molecular flexibility index (Phi) is 7.67. The zero-order chi connectivity index (χ0) is 17.2. The summed E-state index contributed by atoms with van der Waals surface area (Å²) in [6.07, 6.45) is -0.176. The van der Waals surface area contributed by atoms with E-state index in [1.165, 1.54) is 0 Å². The molecule has 0 aliphatic carbocycles. The molecule has 2 rings (SSSR count). The summed E-state index contributed by atoms with van der Waals surface area (Å²) >= 11 is 0. The van der Waals surface area contributed by atoms with Crippen molar-refractivity contribution in [3.8, 4) is 12.1 Å². The van der Waals surface area contributed by atoms with Gasteiger partial charge in [-0.15, -0.1) is 0 Å². The van der Waals surface area contributed by atoms with Gasteiger partial charge < -0.3 is 9.84 Å². The Morgan fingerprint density at radius 3 is 2.50 bits per heavy atom. The van der Waals surface area contributed by atoms with E-state index >= 15 is 0 Å². The van der Waals surface area contributed by atoms with Crippen LogP contribution in [-0.4, -0.2) is 67.4 Å². The van der Waals surface area contributed by atoms with Crippen LogP contribution in [0.5, 0.6) is 0 Å². The third-order valence-electron chi connectivity index (χ3n) is 4.23. The maximum atomic E-state index is 10.4. The van der Waals surface area contributed by atoms with E-state index in [1.807, 2.05) is 0 Å². The van der Waals surface area contributed by atoms with Crippen molar-refractivity contribution in [3.05, 3.63) is 35.4 Å². The van der Waals surface area contributed by atoms with Gasteiger partial charge in [-0.25, -0.2) is 0 Å². The van der Waals surface area contributed by atoms with Crippen LogP contribution in [0.4, 0.5) is 0 Å². The van der Waals surface area contributed by atoms with Gasteiger partial charge in [-0.3, -0.25) is 9.80 Å². The fourth-order valence-corrected chi connectivity index (χ4v) is 2.74. The molecular formula is C18H24N4O2. The van der Waals surface area contributed by atoms with Crippen LogP contribution in [0.25, 0.3) is 0 Å². The highest BCUT2D eigenvalue weighted by Gasteiger charge is 2.16. The van der Waals surface area contributed by atoms with Crippen molar-refractivity contribution in [1.82, 2.24) is 9.80 Å². The third kappa shape index (κ3) is 5.92. The van der Waals surface area contributed by atoms with Crippen LogP contribution >= 0.6 is 0 Å². The number of benzene rings is 1. The maximum absolute atomic E-state index is 10.4. The lowest BCUT2D eigenvalue weighted by molar-refractivity contribution is 0.0300. The molecule has 1 saturated heterocycles. The van der Waals surface area contributed by atoms with Crippen LogP contribution in [0.15, 0.2) is 24.3 Å². The second-order valence-corrected chi connectivity index (χ2v) is 5.91. The van der Waals surface area contributed by atoms with Crippen molar-refractivity contribution in [1.29, 1.82) is 10.5 Å². The Labute approximate surface area is 143 Å². The summed E-state index contributed by atoms with van der Waals surface area (Å²) in [6.45, 7) is 6.27. The summed E-state index contributed by atoms with van der Waals surface area (Å²) in [7, 11) is 0. The zero-order valence-corrected chi connectivity index (χ0v) is 13.9. The second-order valence-electron chi connectivity index (χ2n) is 5.91. The first-order valence-electron chi connectivity index (χ1n) is 8.30. The molecule has 1 aliphatic heterocycles. The number of morpholine rings is 1. The number of hydrogen-bond donors (Lipinski definition) is 1. The van der Waals surface area contributed by atoms with Crippen LogP contribution < -0.4 is 0 Å². The Bertz CT molecular complexity index is 570. The minimum atomic E-state index is -0.624. The highest BCUT2D eigenvalue weighted by molar-refractivity contribution is 5.32. The van der Waals surface area contributed by atoms with Crippen molar-refractivity contribution in [3.63, 3.8) is 0 Å². The highest BCUT2D eigenvalue weighted by atomic mass is 16.5. The van der Waals surface area contributed by atoms with Gasteiger partial charge in [0.05, 0.1) is 37.0 Å². The van der Waals surface area contributed by atoms with Gasteiger partial charge in [0.1, 0.15) is 0 Å².